The minimum Gasteiger partial charge on any atom is -0.497 e. The van der Waals surface area contributed by atoms with Gasteiger partial charge in [-0.05, 0) is 44.5 Å². The number of nitrogens with zero attached hydrogens (tertiary/aromatic N) is 5. The van der Waals surface area contributed by atoms with Crippen LogP contribution in [0.3, 0.4) is 0 Å². The van der Waals surface area contributed by atoms with Crippen molar-refractivity contribution in [2.24, 2.45) is 14.1 Å². The van der Waals surface area contributed by atoms with Crippen molar-refractivity contribution in [3.63, 3.8) is 0 Å². The normalized spacial score (nSPS) is 11.8. The summed E-state index contributed by atoms with van der Waals surface area (Å²) in [6.45, 7) is 5.29. The van der Waals surface area contributed by atoms with Gasteiger partial charge in [0.25, 0.3) is 5.56 Å². The third-order valence-corrected chi connectivity index (χ3v) is 5.42. The van der Waals surface area contributed by atoms with Crippen LogP contribution in [0, 0.1) is 0 Å². The average Bonchev–Trinajstić information content (AvgIpc) is 3.30. The standard InChI is InChI=1S/C22H27N5O4/c1-14(2)31-12-6-11-26-17(15-7-9-16(30-5)10-8-15)13-27-18-19(23-21(26)27)24(3)22(29)25(4)20(18)28/h7-10,13-14H,6,11-12H2,1-5H3. The number of hydrogen-bond donors (Lipinski definition) is 0. The van der Waals surface area contributed by atoms with Crippen molar-refractivity contribution >= 4 is 16.9 Å². The van der Waals surface area contributed by atoms with Crippen LogP contribution in [0.1, 0.15) is 20.3 Å². The molecule has 0 amide bonds. The highest BCUT2D eigenvalue weighted by Gasteiger charge is 2.20. The Balaban J connectivity index is 1.91. The zero-order valence-corrected chi connectivity index (χ0v) is 18.5. The van der Waals surface area contributed by atoms with Gasteiger partial charge in [0.1, 0.15) is 5.75 Å². The number of ether oxygens (including phenoxy) is 2. The molecule has 0 spiro atoms. The molecule has 0 N–H and O–H groups in total. The van der Waals surface area contributed by atoms with Gasteiger partial charge in [0.2, 0.25) is 5.78 Å². The van der Waals surface area contributed by atoms with Crippen molar-refractivity contribution in [3.8, 4) is 17.0 Å². The lowest BCUT2D eigenvalue weighted by atomic mass is 10.1. The lowest BCUT2D eigenvalue weighted by molar-refractivity contribution is 0.0750. The van der Waals surface area contributed by atoms with E-state index in [2.05, 4.69) is 9.55 Å². The van der Waals surface area contributed by atoms with Crippen molar-refractivity contribution < 1.29 is 9.47 Å². The quantitative estimate of drug-likeness (QED) is 0.424. The van der Waals surface area contributed by atoms with Gasteiger partial charge in [-0.2, -0.15) is 4.98 Å². The molecule has 0 saturated heterocycles. The van der Waals surface area contributed by atoms with Crippen LogP contribution in [0.25, 0.3) is 28.2 Å². The third kappa shape index (κ3) is 3.54. The Morgan fingerprint density at radius 2 is 1.77 bits per heavy atom. The molecule has 0 bridgehead atoms. The van der Waals surface area contributed by atoms with Gasteiger partial charge in [-0.3, -0.25) is 18.3 Å². The molecule has 0 aliphatic heterocycles. The number of rotatable bonds is 7. The Bertz CT molecular complexity index is 1360. The van der Waals surface area contributed by atoms with Crippen LogP contribution in [-0.2, 0) is 25.4 Å². The zero-order chi connectivity index (χ0) is 22.3. The number of methoxy groups -OCH3 is 1. The Kier molecular flexibility index (Phi) is 5.45. The Hall–Kier alpha value is -3.33. The summed E-state index contributed by atoms with van der Waals surface area (Å²) in [6.07, 6.45) is 2.85. The predicted molar refractivity (Wildman–Crippen MR) is 119 cm³/mol. The molecule has 0 saturated carbocycles. The fourth-order valence-corrected chi connectivity index (χ4v) is 3.77. The second-order valence-corrected chi connectivity index (χ2v) is 7.83. The molecule has 164 valence electrons. The maximum Gasteiger partial charge on any atom is 0.332 e. The van der Waals surface area contributed by atoms with E-state index >= 15 is 0 Å². The molecule has 0 aliphatic rings. The van der Waals surface area contributed by atoms with Crippen molar-refractivity contribution in [3.05, 3.63) is 51.3 Å². The molecule has 0 radical (unpaired) electrons. The second kappa shape index (κ2) is 8.07. The van der Waals surface area contributed by atoms with Crippen LogP contribution in [0.5, 0.6) is 5.75 Å². The first-order chi connectivity index (χ1) is 14.8. The highest BCUT2D eigenvalue weighted by molar-refractivity contribution is 5.78. The molecule has 9 heteroatoms. The van der Waals surface area contributed by atoms with E-state index in [0.29, 0.717) is 30.1 Å². The molecular formula is C22H27N5O4. The van der Waals surface area contributed by atoms with Crippen molar-refractivity contribution in [1.29, 1.82) is 0 Å². The van der Waals surface area contributed by atoms with E-state index < -0.39 is 5.69 Å². The van der Waals surface area contributed by atoms with Gasteiger partial charge in [0, 0.05) is 39.0 Å². The summed E-state index contributed by atoms with van der Waals surface area (Å²) in [6, 6.07) is 7.76. The average molecular weight is 425 g/mol. The summed E-state index contributed by atoms with van der Waals surface area (Å²) in [7, 11) is 4.74. The second-order valence-electron chi connectivity index (χ2n) is 7.83. The van der Waals surface area contributed by atoms with Gasteiger partial charge in [-0.1, -0.05) is 0 Å². The fourth-order valence-electron chi connectivity index (χ4n) is 3.77. The van der Waals surface area contributed by atoms with Gasteiger partial charge in [-0.25, -0.2) is 4.79 Å². The molecule has 0 aliphatic carbocycles. The number of benzene rings is 1. The first-order valence-electron chi connectivity index (χ1n) is 10.3. The molecule has 4 aromatic rings. The summed E-state index contributed by atoms with van der Waals surface area (Å²) in [5, 5.41) is 0. The van der Waals surface area contributed by atoms with E-state index in [1.807, 2.05) is 44.3 Å². The Morgan fingerprint density at radius 3 is 2.42 bits per heavy atom. The minimum absolute atomic E-state index is 0.164. The summed E-state index contributed by atoms with van der Waals surface area (Å²) in [5.74, 6) is 1.38. The monoisotopic (exact) mass is 425 g/mol. The van der Waals surface area contributed by atoms with Crippen molar-refractivity contribution in [2.45, 2.75) is 32.9 Å². The smallest absolute Gasteiger partial charge is 0.332 e. The number of fused-ring (bicyclic) bond motifs is 3. The SMILES string of the molecule is COc1ccc(-c2cn3c4c(=O)n(C)c(=O)n(C)c4nc3n2CCCOC(C)C)cc1. The van der Waals surface area contributed by atoms with E-state index in [4.69, 9.17) is 9.47 Å². The molecule has 4 rings (SSSR count). The van der Waals surface area contributed by atoms with Gasteiger partial charge in [0.15, 0.2) is 11.2 Å². The molecule has 31 heavy (non-hydrogen) atoms. The van der Waals surface area contributed by atoms with E-state index in [0.717, 1.165) is 28.0 Å². The molecule has 3 heterocycles. The number of aryl methyl sites for hydroxylation is 2. The van der Waals surface area contributed by atoms with Gasteiger partial charge in [-0.15, -0.1) is 0 Å². The largest absolute Gasteiger partial charge is 0.497 e. The highest BCUT2D eigenvalue weighted by atomic mass is 16.5. The summed E-state index contributed by atoms with van der Waals surface area (Å²) >= 11 is 0. The van der Waals surface area contributed by atoms with Crippen LogP contribution in [0.4, 0.5) is 0 Å². The Morgan fingerprint density at radius 1 is 1.06 bits per heavy atom. The van der Waals surface area contributed by atoms with Gasteiger partial charge in [0.05, 0.1) is 18.9 Å². The van der Waals surface area contributed by atoms with Crippen LogP contribution in [-0.4, -0.2) is 42.9 Å². The van der Waals surface area contributed by atoms with Crippen LogP contribution in [0.15, 0.2) is 40.1 Å². The molecule has 0 fully saturated rings. The molecule has 9 nitrogen and oxygen atoms in total. The molecule has 0 atom stereocenters. The van der Waals surface area contributed by atoms with Crippen molar-refractivity contribution in [1.82, 2.24) is 23.1 Å². The highest BCUT2D eigenvalue weighted by Crippen LogP contribution is 2.27. The maximum atomic E-state index is 12.9. The third-order valence-electron chi connectivity index (χ3n) is 5.42. The topological polar surface area (TPSA) is 84.7 Å². The lowest BCUT2D eigenvalue weighted by Crippen LogP contribution is -2.37. The summed E-state index contributed by atoms with van der Waals surface area (Å²) in [5.41, 5.74) is 1.89. The molecule has 3 aromatic heterocycles. The lowest BCUT2D eigenvalue weighted by Gasteiger charge is -2.11. The van der Waals surface area contributed by atoms with Crippen molar-refractivity contribution in [2.75, 3.05) is 13.7 Å². The first-order valence-corrected chi connectivity index (χ1v) is 10.3. The fraction of sp³-hybridized carbons (Fsp3) is 0.409. The van der Waals surface area contributed by atoms with Crippen LogP contribution in [0.2, 0.25) is 0 Å². The summed E-state index contributed by atoms with van der Waals surface area (Å²) < 4.78 is 17.3. The Labute approximate surface area is 179 Å². The van der Waals surface area contributed by atoms with E-state index in [9.17, 15) is 9.59 Å². The van der Waals surface area contributed by atoms with Gasteiger partial charge < -0.3 is 14.0 Å². The molecule has 1 aromatic carbocycles. The maximum absolute atomic E-state index is 12.9. The number of aromatic nitrogens is 5. The van der Waals surface area contributed by atoms with E-state index in [1.165, 1.54) is 11.6 Å². The number of imidazole rings is 2. The summed E-state index contributed by atoms with van der Waals surface area (Å²) in [4.78, 5) is 29.9. The zero-order valence-electron chi connectivity index (χ0n) is 18.5. The minimum atomic E-state index is -0.398. The van der Waals surface area contributed by atoms with Crippen LogP contribution < -0.4 is 16.0 Å². The molecule has 0 unspecified atom stereocenters. The van der Waals surface area contributed by atoms with E-state index in [1.54, 1.807) is 18.6 Å². The van der Waals surface area contributed by atoms with Gasteiger partial charge >= 0.3 is 5.69 Å². The first kappa shape index (κ1) is 20.9. The molecular weight excluding hydrogens is 398 g/mol. The van der Waals surface area contributed by atoms with Crippen LogP contribution >= 0.6 is 0 Å². The predicted octanol–water partition coefficient (Wildman–Crippen LogP) is 2.18. The number of hydrogen-bond acceptors (Lipinski definition) is 5. The van der Waals surface area contributed by atoms with E-state index in [-0.39, 0.29) is 11.7 Å².